The summed E-state index contributed by atoms with van der Waals surface area (Å²) in [6.45, 7) is 7.18. The summed E-state index contributed by atoms with van der Waals surface area (Å²) >= 11 is 0. The van der Waals surface area contributed by atoms with Crippen LogP contribution >= 0.6 is 0 Å². The highest BCUT2D eigenvalue weighted by atomic mass is 16.5. The molecule has 0 aliphatic heterocycles. The van der Waals surface area contributed by atoms with Gasteiger partial charge in [0.15, 0.2) is 0 Å². The Morgan fingerprint density at radius 2 is 1.42 bits per heavy atom. The predicted molar refractivity (Wildman–Crippen MR) is 110 cm³/mol. The molecule has 0 bridgehead atoms. The first kappa shape index (κ1) is 25.4. The second-order valence-electron chi connectivity index (χ2n) is 7.57. The van der Waals surface area contributed by atoms with E-state index < -0.39 is 0 Å². The molecular formula is C22H45NO3. The molecule has 4 heteroatoms. The predicted octanol–water partition coefficient (Wildman–Crippen LogP) is 5.23. The average molecular weight is 372 g/mol. The van der Waals surface area contributed by atoms with Gasteiger partial charge in [0, 0.05) is 6.61 Å². The van der Waals surface area contributed by atoms with E-state index in [-0.39, 0.29) is 11.9 Å². The monoisotopic (exact) mass is 371 g/mol. The van der Waals surface area contributed by atoms with Gasteiger partial charge in [0.05, 0.1) is 12.5 Å². The lowest BCUT2D eigenvalue weighted by Gasteiger charge is -2.11. The van der Waals surface area contributed by atoms with Crippen molar-refractivity contribution in [2.24, 2.45) is 5.92 Å². The number of rotatable bonds is 20. The minimum Gasteiger partial charge on any atom is -0.465 e. The zero-order chi connectivity index (χ0) is 19.3. The van der Waals surface area contributed by atoms with Crippen molar-refractivity contribution in [2.75, 3.05) is 26.3 Å². The third-order valence-electron chi connectivity index (χ3n) is 4.90. The fourth-order valence-corrected chi connectivity index (χ4v) is 3.03. The average Bonchev–Trinajstić information content (AvgIpc) is 2.65. The molecule has 0 aromatic carbocycles. The van der Waals surface area contributed by atoms with Crippen molar-refractivity contribution in [1.82, 2.24) is 5.32 Å². The van der Waals surface area contributed by atoms with Gasteiger partial charge in [-0.1, -0.05) is 71.6 Å². The molecule has 0 aromatic rings. The second kappa shape index (κ2) is 20.7. The molecule has 1 unspecified atom stereocenters. The lowest BCUT2D eigenvalue weighted by atomic mass is 10.0. The first-order chi connectivity index (χ1) is 12.7. The third kappa shape index (κ3) is 18.2. The molecule has 0 radical (unpaired) electrons. The van der Waals surface area contributed by atoms with Crippen LogP contribution in [0, 0.1) is 5.92 Å². The van der Waals surface area contributed by atoms with Gasteiger partial charge in [0.25, 0.3) is 0 Å². The number of carbonyl (C=O) groups excluding carboxylic acids is 1. The van der Waals surface area contributed by atoms with E-state index in [1.807, 2.05) is 6.92 Å². The molecule has 156 valence electrons. The first-order valence-corrected chi connectivity index (χ1v) is 11.2. The van der Waals surface area contributed by atoms with E-state index in [1.54, 1.807) is 0 Å². The van der Waals surface area contributed by atoms with Gasteiger partial charge in [-0.05, 0) is 45.2 Å². The first-order valence-electron chi connectivity index (χ1n) is 11.2. The summed E-state index contributed by atoms with van der Waals surface area (Å²) in [6, 6.07) is 0. The molecule has 0 aromatic heterocycles. The van der Waals surface area contributed by atoms with Crippen molar-refractivity contribution in [3.05, 3.63) is 0 Å². The maximum Gasteiger partial charge on any atom is 0.308 e. The lowest BCUT2D eigenvalue weighted by molar-refractivity contribution is -0.148. The molecule has 0 fully saturated rings. The maximum atomic E-state index is 12.0. The maximum absolute atomic E-state index is 12.0. The Balaban J connectivity index is 3.32. The Hall–Kier alpha value is -0.610. The van der Waals surface area contributed by atoms with E-state index in [0.29, 0.717) is 13.2 Å². The molecule has 0 aliphatic carbocycles. The topological polar surface area (TPSA) is 58.6 Å². The zero-order valence-electron chi connectivity index (χ0n) is 17.6. The van der Waals surface area contributed by atoms with Crippen LogP contribution in [0.15, 0.2) is 0 Å². The summed E-state index contributed by atoms with van der Waals surface area (Å²) in [6.07, 6.45) is 16.3. The quantitative estimate of drug-likeness (QED) is 0.227. The van der Waals surface area contributed by atoms with Crippen molar-refractivity contribution >= 4 is 5.97 Å². The van der Waals surface area contributed by atoms with Crippen LogP contribution in [0.5, 0.6) is 0 Å². The smallest absolute Gasteiger partial charge is 0.308 e. The Morgan fingerprint density at radius 1 is 0.846 bits per heavy atom. The fourth-order valence-electron chi connectivity index (χ4n) is 3.03. The minimum atomic E-state index is -0.0125. The molecule has 0 heterocycles. The van der Waals surface area contributed by atoms with Crippen LogP contribution in [0.25, 0.3) is 0 Å². The van der Waals surface area contributed by atoms with Crippen LogP contribution < -0.4 is 5.32 Å². The number of unbranched alkanes of at least 4 members (excludes halogenated alkanes) is 10. The number of ether oxygens (including phenoxy) is 1. The van der Waals surface area contributed by atoms with Crippen LogP contribution in [0.4, 0.5) is 0 Å². The van der Waals surface area contributed by atoms with Crippen LogP contribution in [0.2, 0.25) is 0 Å². The van der Waals surface area contributed by atoms with Gasteiger partial charge >= 0.3 is 5.97 Å². The fraction of sp³-hybridized carbons (Fsp3) is 0.955. The summed E-state index contributed by atoms with van der Waals surface area (Å²) in [4.78, 5) is 12.0. The second-order valence-corrected chi connectivity index (χ2v) is 7.57. The number of nitrogens with one attached hydrogen (secondary N) is 1. The number of aliphatic hydroxyl groups excluding tert-OH is 1. The van der Waals surface area contributed by atoms with Gasteiger partial charge in [-0.3, -0.25) is 4.79 Å². The SMILES string of the molecule is CCCCCCCCCOC(=O)C(C)CCCCCCNCCCCO. The van der Waals surface area contributed by atoms with Crippen molar-refractivity contribution in [1.29, 1.82) is 0 Å². The highest BCUT2D eigenvalue weighted by Crippen LogP contribution is 2.13. The highest BCUT2D eigenvalue weighted by Gasteiger charge is 2.13. The molecule has 0 rings (SSSR count). The van der Waals surface area contributed by atoms with Crippen LogP contribution in [-0.2, 0) is 9.53 Å². The van der Waals surface area contributed by atoms with E-state index in [2.05, 4.69) is 12.2 Å². The van der Waals surface area contributed by atoms with Gasteiger partial charge in [0.2, 0.25) is 0 Å². The summed E-state index contributed by atoms with van der Waals surface area (Å²) in [5, 5.41) is 12.1. The van der Waals surface area contributed by atoms with Crippen LogP contribution in [0.3, 0.4) is 0 Å². The van der Waals surface area contributed by atoms with E-state index >= 15 is 0 Å². The van der Waals surface area contributed by atoms with Gasteiger partial charge in [-0.25, -0.2) is 0 Å². The van der Waals surface area contributed by atoms with Crippen molar-refractivity contribution in [2.45, 2.75) is 104 Å². The van der Waals surface area contributed by atoms with Crippen molar-refractivity contribution in [3.63, 3.8) is 0 Å². The molecule has 0 spiro atoms. The summed E-state index contributed by atoms with van der Waals surface area (Å²) < 4.78 is 5.41. The Morgan fingerprint density at radius 3 is 2.12 bits per heavy atom. The van der Waals surface area contributed by atoms with E-state index in [4.69, 9.17) is 9.84 Å². The number of aliphatic hydroxyl groups is 1. The molecular weight excluding hydrogens is 326 g/mol. The Bertz CT molecular complexity index is 297. The number of esters is 1. The summed E-state index contributed by atoms with van der Waals surface area (Å²) in [5.74, 6) is 0.0256. The van der Waals surface area contributed by atoms with Gasteiger partial charge in [-0.15, -0.1) is 0 Å². The summed E-state index contributed by atoms with van der Waals surface area (Å²) in [5.41, 5.74) is 0. The van der Waals surface area contributed by atoms with Crippen LogP contribution in [0.1, 0.15) is 104 Å². The highest BCUT2D eigenvalue weighted by molar-refractivity contribution is 5.71. The minimum absolute atomic E-state index is 0.0125. The van der Waals surface area contributed by atoms with Crippen molar-refractivity contribution in [3.8, 4) is 0 Å². The lowest BCUT2D eigenvalue weighted by Crippen LogP contribution is -2.17. The Kier molecular flexibility index (Phi) is 20.2. The number of carbonyl (C=O) groups is 1. The van der Waals surface area contributed by atoms with Crippen molar-refractivity contribution < 1.29 is 14.6 Å². The Labute approximate surface area is 162 Å². The molecule has 0 saturated heterocycles. The number of hydrogen-bond acceptors (Lipinski definition) is 4. The van der Waals surface area contributed by atoms with Gasteiger partial charge in [-0.2, -0.15) is 0 Å². The van der Waals surface area contributed by atoms with Gasteiger partial charge in [0.1, 0.15) is 0 Å². The molecule has 0 saturated carbocycles. The third-order valence-corrected chi connectivity index (χ3v) is 4.90. The van der Waals surface area contributed by atoms with Crippen LogP contribution in [-0.4, -0.2) is 37.4 Å². The van der Waals surface area contributed by atoms with Gasteiger partial charge < -0.3 is 15.2 Å². The van der Waals surface area contributed by atoms with E-state index in [9.17, 15) is 4.79 Å². The molecule has 1 atom stereocenters. The zero-order valence-corrected chi connectivity index (χ0v) is 17.6. The molecule has 26 heavy (non-hydrogen) atoms. The van der Waals surface area contributed by atoms with E-state index in [0.717, 1.165) is 45.2 Å². The standard InChI is InChI=1S/C22H45NO3/c1-3-4-5-6-7-10-15-20-26-22(25)21(2)16-11-8-9-12-17-23-18-13-14-19-24/h21,23-24H,3-20H2,1-2H3. The largest absolute Gasteiger partial charge is 0.465 e. The summed E-state index contributed by atoms with van der Waals surface area (Å²) in [7, 11) is 0. The normalized spacial score (nSPS) is 12.3. The molecule has 0 aliphatic rings. The molecule has 0 amide bonds. The van der Waals surface area contributed by atoms with E-state index in [1.165, 1.54) is 57.8 Å². The molecule has 2 N–H and O–H groups in total. The molecule has 4 nitrogen and oxygen atoms in total. The number of hydrogen-bond donors (Lipinski definition) is 2.